The monoisotopic (exact) mass is 512 g/mol. The molecule has 0 heterocycles. The van der Waals surface area contributed by atoms with Gasteiger partial charge in [0, 0.05) is 19.0 Å². The van der Waals surface area contributed by atoms with Crippen LogP contribution in [0.1, 0.15) is 31.4 Å². The highest BCUT2D eigenvalue weighted by Gasteiger charge is 2.31. The predicted molar refractivity (Wildman–Crippen MR) is 141 cm³/mol. The Morgan fingerprint density at radius 1 is 0.914 bits per heavy atom. The number of halogens is 2. The summed E-state index contributed by atoms with van der Waals surface area (Å²) in [5, 5.41) is 3.86. The van der Waals surface area contributed by atoms with E-state index in [1.165, 1.54) is 0 Å². The van der Waals surface area contributed by atoms with Crippen LogP contribution in [0.15, 0.2) is 78.9 Å². The Morgan fingerprint density at radius 2 is 1.57 bits per heavy atom. The quantitative estimate of drug-likeness (QED) is 0.346. The van der Waals surface area contributed by atoms with E-state index in [-0.39, 0.29) is 31.0 Å². The molecule has 0 saturated carbocycles. The van der Waals surface area contributed by atoms with Crippen LogP contribution in [0.5, 0.6) is 5.75 Å². The summed E-state index contributed by atoms with van der Waals surface area (Å²) in [5.41, 5.74) is 1.72. The molecule has 0 aliphatic carbocycles. The first-order chi connectivity index (χ1) is 16.9. The van der Waals surface area contributed by atoms with E-state index < -0.39 is 6.04 Å². The Bertz CT molecular complexity index is 1110. The molecule has 0 aromatic heterocycles. The van der Waals surface area contributed by atoms with Crippen molar-refractivity contribution in [3.63, 3.8) is 0 Å². The number of carbonyl (C=O) groups excluding carboxylic acids is 2. The maximum absolute atomic E-state index is 13.5. The second kappa shape index (κ2) is 13.2. The molecular formula is C28H30Cl2N2O3. The fourth-order valence-corrected chi connectivity index (χ4v) is 3.90. The second-order valence-electron chi connectivity index (χ2n) is 8.40. The molecule has 0 aliphatic rings. The van der Waals surface area contributed by atoms with Gasteiger partial charge in [-0.2, -0.15) is 0 Å². The molecule has 3 aromatic carbocycles. The number of nitrogens with zero attached hydrogens (tertiary/aromatic N) is 1. The fraction of sp³-hybridized carbons (Fsp3) is 0.286. The Morgan fingerprint density at radius 3 is 2.20 bits per heavy atom. The van der Waals surface area contributed by atoms with E-state index in [1.54, 1.807) is 35.2 Å². The summed E-state index contributed by atoms with van der Waals surface area (Å²) >= 11 is 12.3. The molecule has 3 rings (SSSR count). The van der Waals surface area contributed by atoms with Gasteiger partial charge in [-0.1, -0.05) is 84.7 Å². The molecule has 0 aliphatic heterocycles. The van der Waals surface area contributed by atoms with Gasteiger partial charge in [0.25, 0.3) is 5.91 Å². The van der Waals surface area contributed by atoms with Crippen LogP contribution in [0, 0.1) is 0 Å². The minimum Gasteiger partial charge on any atom is -0.484 e. The maximum atomic E-state index is 13.5. The number of para-hydroxylation sites is 1. The SMILES string of the molecule is CC[C@H](C)NC(=O)[C@@H](Cc1ccccc1)N(Cc1ccc(Cl)c(Cl)c1)C(=O)COc1ccccc1. The minimum absolute atomic E-state index is 0.0247. The summed E-state index contributed by atoms with van der Waals surface area (Å²) in [6.45, 7) is 3.93. The molecule has 184 valence electrons. The third kappa shape index (κ3) is 8.01. The zero-order chi connectivity index (χ0) is 25.2. The van der Waals surface area contributed by atoms with Crippen LogP contribution >= 0.6 is 23.2 Å². The largest absolute Gasteiger partial charge is 0.484 e. The van der Waals surface area contributed by atoms with Crippen molar-refractivity contribution in [2.45, 2.75) is 45.3 Å². The van der Waals surface area contributed by atoms with Gasteiger partial charge in [-0.05, 0) is 48.7 Å². The highest BCUT2D eigenvalue weighted by molar-refractivity contribution is 6.42. The topological polar surface area (TPSA) is 58.6 Å². The van der Waals surface area contributed by atoms with Crippen molar-refractivity contribution >= 4 is 35.0 Å². The van der Waals surface area contributed by atoms with Crippen LogP contribution in [0.2, 0.25) is 10.0 Å². The molecule has 2 amide bonds. The molecule has 0 fully saturated rings. The summed E-state index contributed by atoms with van der Waals surface area (Å²) in [4.78, 5) is 28.5. The molecule has 35 heavy (non-hydrogen) atoms. The Hall–Kier alpha value is -3.02. The first-order valence-electron chi connectivity index (χ1n) is 11.6. The average molecular weight is 513 g/mol. The van der Waals surface area contributed by atoms with Crippen LogP contribution < -0.4 is 10.1 Å². The third-order valence-corrected chi connectivity index (χ3v) is 6.45. The molecule has 5 nitrogen and oxygen atoms in total. The predicted octanol–water partition coefficient (Wildman–Crippen LogP) is 5.93. The van der Waals surface area contributed by atoms with Gasteiger partial charge in [0.2, 0.25) is 5.91 Å². The number of nitrogens with one attached hydrogen (secondary N) is 1. The summed E-state index contributed by atoms with van der Waals surface area (Å²) in [7, 11) is 0. The summed E-state index contributed by atoms with van der Waals surface area (Å²) in [5.74, 6) is 0.0653. The van der Waals surface area contributed by atoms with Gasteiger partial charge < -0.3 is 15.0 Å². The summed E-state index contributed by atoms with van der Waals surface area (Å²) < 4.78 is 5.74. The van der Waals surface area contributed by atoms with Crippen molar-refractivity contribution in [3.05, 3.63) is 100 Å². The molecule has 7 heteroatoms. The molecule has 0 unspecified atom stereocenters. The van der Waals surface area contributed by atoms with Crippen molar-refractivity contribution in [1.82, 2.24) is 10.2 Å². The lowest BCUT2D eigenvalue weighted by Gasteiger charge is -2.32. The van der Waals surface area contributed by atoms with Gasteiger partial charge in [0.15, 0.2) is 6.61 Å². The van der Waals surface area contributed by atoms with Crippen molar-refractivity contribution in [3.8, 4) is 5.75 Å². The van der Waals surface area contributed by atoms with E-state index in [1.807, 2.05) is 62.4 Å². The van der Waals surface area contributed by atoms with Crippen LogP contribution in [0.4, 0.5) is 0 Å². The van der Waals surface area contributed by atoms with Gasteiger partial charge >= 0.3 is 0 Å². The van der Waals surface area contributed by atoms with E-state index in [0.717, 1.165) is 17.5 Å². The van der Waals surface area contributed by atoms with Crippen molar-refractivity contribution in [2.75, 3.05) is 6.61 Å². The first kappa shape index (κ1) is 26.6. The minimum atomic E-state index is -0.743. The number of carbonyl (C=O) groups is 2. The van der Waals surface area contributed by atoms with E-state index in [4.69, 9.17) is 27.9 Å². The van der Waals surface area contributed by atoms with Gasteiger partial charge in [-0.25, -0.2) is 0 Å². The Kier molecular flexibility index (Phi) is 10.0. The van der Waals surface area contributed by atoms with Gasteiger partial charge in [-0.3, -0.25) is 9.59 Å². The first-order valence-corrected chi connectivity index (χ1v) is 12.4. The number of benzene rings is 3. The second-order valence-corrected chi connectivity index (χ2v) is 9.21. The molecule has 0 spiro atoms. The molecule has 3 aromatic rings. The van der Waals surface area contributed by atoms with Crippen LogP contribution in [-0.4, -0.2) is 35.4 Å². The smallest absolute Gasteiger partial charge is 0.261 e. The van der Waals surface area contributed by atoms with Crippen LogP contribution in [-0.2, 0) is 22.6 Å². The van der Waals surface area contributed by atoms with E-state index >= 15 is 0 Å². The number of hydrogen-bond donors (Lipinski definition) is 1. The maximum Gasteiger partial charge on any atom is 0.261 e. The van der Waals surface area contributed by atoms with Crippen LogP contribution in [0.3, 0.4) is 0 Å². The lowest BCUT2D eigenvalue weighted by Crippen LogP contribution is -2.53. The van der Waals surface area contributed by atoms with E-state index in [0.29, 0.717) is 22.2 Å². The van der Waals surface area contributed by atoms with Crippen molar-refractivity contribution in [2.24, 2.45) is 0 Å². The number of rotatable bonds is 11. The fourth-order valence-electron chi connectivity index (χ4n) is 3.57. The zero-order valence-electron chi connectivity index (χ0n) is 19.9. The van der Waals surface area contributed by atoms with Crippen molar-refractivity contribution < 1.29 is 14.3 Å². The Balaban J connectivity index is 1.93. The van der Waals surface area contributed by atoms with Gasteiger partial charge in [0.1, 0.15) is 11.8 Å². The highest BCUT2D eigenvalue weighted by atomic mass is 35.5. The molecule has 2 atom stereocenters. The standard InChI is InChI=1S/C28H30Cl2N2O3/c1-3-20(2)31-28(34)26(17-21-10-6-4-7-11-21)32(18-22-14-15-24(29)25(30)16-22)27(33)19-35-23-12-8-5-9-13-23/h4-16,20,26H,3,17-19H2,1-2H3,(H,31,34)/t20-,26+/m0/s1. The molecular weight excluding hydrogens is 483 g/mol. The van der Waals surface area contributed by atoms with E-state index in [2.05, 4.69) is 5.32 Å². The highest BCUT2D eigenvalue weighted by Crippen LogP contribution is 2.24. The number of hydrogen-bond acceptors (Lipinski definition) is 3. The van der Waals surface area contributed by atoms with E-state index in [9.17, 15) is 9.59 Å². The number of amides is 2. The van der Waals surface area contributed by atoms with Crippen molar-refractivity contribution in [1.29, 1.82) is 0 Å². The average Bonchev–Trinajstić information content (AvgIpc) is 2.87. The lowest BCUT2D eigenvalue weighted by atomic mass is 10.0. The summed E-state index contributed by atoms with van der Waals surface area (Å²) in [6, 6.07) is 23.2. The Labute approximate surface area is 217 Å². The number of ether oxygens (including phenoxy) is 1. The lowest BCUT2D eigenvalue weighted by molar-refractivity contribution is -0.143. The van der Waals surface area contributed by atoms with Gasteiger partial charge in [-0.15, -0.1) is 0 Å². The van der Waals surface area contributed by atoms with Crippen LogP contribution in [0.25, 0.3) is 0 Å². The molecule has 0 saturated heterocycles. The zero-order valence-corrected chi connectivity index (χ0v) is 21.4. The third-order valence-electron chi connectivity index (χ3n) is 5.71. The summed E-state index contributed by atoms with van der Waals surface area (Å²) in [6.07, 6.45) is 1.14. The molecule has 0 bridgehead atoms. The molecule has 0 radical (unpaired) electrons. The normalized spacial score (nSPS) is 12.5. The molecule has 1 N–H and O–H groups in total. The van der Waals surface area contributed by atoms with Gasteiger partial charge in [0.05, 0.1) is 10.0 Å².